The lowest BCUT2D eigenvalue weighted by atomic mass is 10.2. The Balaban J connectivity index is 2.14. The molecule has 120 valence electrons. The summed E-state index contributed by atoms with van der Waals surface area (Å²) in [6, 6.07) is 12.3. The number of benzene rings is 2. The quantitative estimate of drug-likeness (QED) is 0.798. The first-order valence-electron chi connectivity index (χ1n) is 7.50. The van der Waals surface area contributed by atoms with Gasteiger partial charge in [0, 0.05) is 31.1 Å². The highest BCUT2D eigenvalue weighted by Gasteiger charge is 2.09. The van der Waals surface area contributed by atoms with Gasteiger partial charge in [-0.2, -0.15) is 0 Å². The maximum Gasteiger partial charge on any atom is 0.339 e. The first-order chi connectivity index (χ1) is 11.0. The molecule has 0 saturated heterocycles. The molecule has 5 nitrogen and oxygen atoms in total. The van der Waals surface area contributed by atoms with Crippen molar-refractivity contribution in [1.82, 2.24) is 0 Å². The molecular weight excluding hydrogens is 292 g/mol. The summed E-state index contributed by atoms with van der Waals surface area (Å²) in [5.74, 6) is -1.45. The van der Waals surface area contributed by atoms with Crippen LogP contribution in [0.5, 0.6) is 5.75 Å². The minimum absolute atomic E-state index is 0.132. The number of hydrogen-bond acceptors (Lipinski definition) is 4. The lowest BCUT2D eigenvalue weighted by Crippen LogP contribution is -2.21. The molecular formula is C18H20N2O3. The summed E-state index contributed by atoms with van der Waals surface area (Å²) in [5, 5.41) is 18.5. The number of anilines is 1. The summed E-state index contributed by atoms with van der Waals surface area (Å²) < 4.78 is 0. The highest BCUT2D eigenvalue weighted by Crippen LogP contribution is 2.24. The van der Waals surface area contributed by atoms with E-state index in [4.69, 9.17) is 5.11 Å². The number of aliphatic imine (C=N–C) groups is 1. The van der Waals surface area contributed by atoms with Crippen molar-refractivity contribution < 1.29 is 15.0 Å². The van der Waals surface area contributed by atoms with Gasteiger partial charge >= 0.3 is 5.97 Å². The van der Waals surface area contributed by atoms with Crippen LogP contribution in [0.2, 0.25) is 0 Å². The average molecular weight is 312 g/mol. The van der Waals surface area contributed by atoms with Crippen molar-refractivity contribution in [3.05, 3.63) is 53.6 Å². The second-order valence-corrected chi connectivity index (χ2v) is 5.03. The van der Waals surface area contributed by atoms with Crippen molar-refractivity contribution in [2.24, 2.45) is 4.99 Å². The van der Waals surface area contributed by atoms with Crippen LogP contribution in [0.3, 0.4) is 0 Å². The second-order valence-electron chi connectivity index (χ2n) is 5.03. The van der Waals surface area contributed by atoms with Gasteiger partial charge in [-0.1, -0.05) is 12.1 Å². The van der Waals surface area contributed by atoms with Crippen LogP contribution in [-0.4, -0.2) is 35.5 Å². The zero-order valence-corrected chi connectivity index (χ0v) is 13.2. The van der Waals surface area contributed by atoms with E-state index in [1.807, 2.05) is 24.3 Å². The molecule has 2 rings (SSSR count). The fourth-order valence-corrected chi connectivity index (χ4v) is 2.29. The Kier molecular flexibility index (Phi) is 5.36. The molecule has 0 bridgehead atoms. The molecule has 0 fully saturated rings. The van der Waals surface area contributed by atoms with E-state index in [0.29, 0.717) is 5.69 Å². The Morgan fingerprint density at radius 3 is 2.30 bits per heavy atom. The summed E-state index contributed by atoms with van der Waals surface area (Å²) in [4.78, 5) is 17.4. The number of nitrogens with zero attached hydrogens (tertiary/aromatic N) is 2. The van der Waals surface area contributed by atoms with Gasteiger partial charge in [0.05, 0.1) is 5.69 Å². The number of rotatable bonds is 6. The van der Waals surface area contributed by atoms with Gasteiger partial charge in [0.25, 0.3) is 0 Å². The number of phenols is 1. The van der Waals surface area contributed by atoms with Crippen molar-refractivity contribution >= 4 is 23.6 Å². The lowest BCUT2D eigenvalue weighted by Gasteiger charge is -2.20. The molecule has 0 unspecified atom stereocenters. The van der Waals surface area contributed by atoms with Crippen LogP contribution in [0.15, 0.2) is 47.5 Å². The number of carboxylic acid groups (broad SMARTS) is 1. The van der Waals surface area contributed by atoms with E-state index in [1.54, 1.807) is 12.3 Å². The molecule has 2 aromatic carbocycles. The molecule has 0 saturated carbocycles. The fraction of sp³-hybridized carbons (Fsp3) is 0.222. The average Bonchev–Trinajstić information content (AvgIpc) is 2.55. The Morgan fingerprint density at radius 1 is 1.13 bits per heavy atom. The van der Waals surface area contributed by atoms with E-state index in [1.165, 1.54) is 12.1 Å². The summed E-state index contributed by atoms with van der Waals surface area (Å²) in [7, 11) is 0. The van der Waals surface area contributed by atoms with Crippen LogP contribution in [0.25, 0.3) is 0 Å². The fourth-order valence-electron chi connectivity index (χ4n) is 2.29. The van der Waals surface area contributed by atoms with Gasteiger partial charge < -0.3 is 15.1 Å². The van der Waals surface area contributed by atoms with E-state index in [2.05, 4.69) is 23.7 Å². The topological polar surface area (TPSA) is 73.1 Å². The predicted octanol–water partition coefficient (Wildman–Crippen LogP) is 3.69. The van der Waals surface area contributed by atoms with Crippen LogP contribution in [0.4, 0.5) is 11.4 Å². The minimum Gasteiger partial charge on any atom is -0.507 e. The number of aromatic hydroxyl groups is 1. The molecule has 0 spiro atoms. The van der Waals surface area contributed by atoms with Gasteiger partial charge in [0.15, 0.2) is 0 Å². The minimum atomic E-state index is -1.16. The monoisotopic (exact) mass is 312 g/mol. The SMILES string of the molecule is CCN(CC)c1ccc(C=Nc2ccc(C(=O)O)c(O)c2)cc1. The van der Waals surface area contributed by atoms with Gasteiger partial charge in [-0.25, -0.2) is 4.79 Å². The van der Waals surface area contributed by atoms with E-state index in [-0.39, 0.29) is 11.3 Å². The molecule has 0 heterocycles. The van der Waals surface area contributed by atoms with Gasteiger partial charge in [0.1, 0.15) is 11.3 Å². The van der Waals surface area contributed by atoms with Crippen LogP contribution >= 0.6 is 0 Å². The number of carbonyl (C=O) groups is 1. The molecule has 0 atom stereocenters. The zero-order chi connectivity index (χ0) is 16.8. The summed E-state index contributed by atoms with van der Waals surface area (Å²) in [6.07, 6.45) is 1.68. The van der Waals surface area contributed by atoms with E-state index in [9.17, 15) is 9.90 Å². The Labute approximate surface area is 135 Å². The van der Waals surface area contributed by atoms with Gasteiger partial charge in [-0.3, -0.25) is 4.99 Å². The smallest absolute Gasteiger partial charge is 0.339 e. The van der Waals surface area contributed by atoms with Crippen LogP contribution in [-0.2, 0) is 0 Å². The van der Waals surface area contributed by atoms with E-state index >= 15 is 0 Å². The number of aromatic carboxylic acids is 1. The molecule has 0 aromatic heterocycles. The normalized spacial score (nSPS) is 10.9. The first-order valence-corrected chi connectivity index (χ1v) is 7.50. The van der Waals surface area contributed by atoms with E-state index in [0.717, 1.165) is 24.3 Å². The molecule has 0 radical (unpaired) electrons. The third kappa shape index (κ3) is 4.10. The zero-order valence-electron chi connectivity index (χ0n) is 13.2. The summed E-state index contributed by atoms with van der Waals surface area (Å²) >= 11 is 0. The molecule has 0 aliphatic rings. The van der Waals surface area contributed by atoms with Crippen molar-refractivity contribution in [3.8, 4) is 5.75 Å². The standard InChI is InChI=1S/C18H20N2O3/c1-3-20(4-2)15-8-5-13(6-9-15)12-19-14-7-10-16(18(22)23)17(21)11-14/h5-12,21H,3-4H2,1-2H3,(H,22,23). The second kappa shape index (κ2) is 7.45. The van der Waals surface area contributed by atoms with Gasteiger partial charge in [-0.15, -0.1) is 0 Å². The highest BCUT2D eigenvalue weighted by molar-refractivity contribution is 5.91. The summed E-state index contributed by atoms with van der Waals surface area (Å²) in [6.45, 7) is 6.15. The molecule has 5 heteroatoms. The molecule has 23 heavy (non-hydrogen) atoms. The Hall–Kier alpha value is -2.82. The molecule has 0 amide bonds. The number of carboxylic acids is 1. The summed E-state index contributed by atoms with van der Waals surface area (Å²) in [5.41, 5.74) is 2.46. The van der Waals surface area contributed by atoms with Crippen molar-refractivity contribution in [2.45, 2.75) is 13.8 Å². The van der Waals surface area contributed by atoms with Crippen molar-refractivity contribution in [2.75, 3.05) is 18.0 Å². The van der Waals surface area contributed by atoms with Crippen LogP contribution < -0.4 is 4.90 Å². The maximum absolute atomic E-state index is 10.8. The molecule has 0 aliphatic carbocycles. The third-order valence-electron chi connectivity index (χ3n) is 3.60. The Morgan fingerprint density at radius 2 is 1.78 bits per heavy atom. The molecule has 2 N–H and O–H groups in total. The number of hydrogen-bond donors (Lipinski definition) is 2. The molecule has 2 aromatic rings. The maximum atomic E-state index is 10.8. The lowest BCUT2D eigenvalue weighted by molar-refractivity contribution is 0.0694. The largest absolute Gasteiger partial charge is 0.507 e. The third-order valence-corrected chi connectivity index (χ3v) is 3.60. The van der Waals surface area contributed by atoms with Crippen LogP contribution in [0.1, 0.15) is 29.8 Å². The highest BCUT2D eigenvalue weighted by atomic mass is 16.4. The van der Waals surface area contributed by atoms with Gasteiger partial charge in [0.2, 0.25) is 0 Å². The van der Waals surface area contributed by atoms with Crippen molar-refractivity contribution in [3.63, 3.8) is 0 Å². The Bertz CT molecular complexity index is 705. The predicted molar refractivity (Wildman–Crippen MR) is 92.3 cm³/mol. The van der Waals surface area contributed by atoms with E-state index < -0.39 is 5.97 Å². The van der Waals surface area contributed by atoms with Gasteiger partial charge in [-0.05, 0) is 43.7 Å². The molecule has 0 aliphatic heterocycles. The van der Waals surface area contributed by atoms with Crippen molar-refractivity contribution in [1.29, 1.82) is 0 Å². The first kappa shape index (κ1) is 16.5. The van der Waals surface area contributed by atoms with Crippen LogP contribution in [0, 0.1) is 0 Å².